The number of ether oxygens (including phenoxy) is 2. The van der Waals surface area contributed by atoms with Gasteiger partial charge in [-0.3, -0.25) is 10.1 Å². The third kappa shape index (κ3) is 2.79. The van der Waals surface area contributed by atoms with E-state index in [-0.39, 0.29) is 11.9 Å². The molecule has 0 aromatic carbocycles. The largest absolute Gasteiger partial charge is 0.481 e. The monoisotopic (exact) mass is 277 g/mol. The maximum atomic E-state index is 12.1. The van der Waals surface area contributed by atoms with Gasteiger partial charge in [-0.25, -0.2) is 0 Å². The number of rotatable bonds is 4. The molecule has 2 rings (SSSR count). The molecule has 0 bridgehead atoms. The quantitative estimate of drug-likeness (QED) is 0.851. The number of anilines is 2. The van der Waals surface area contributed by atoms with Gasteiger partial charge in [0.25, 0.3) is 5.91 Å². The lowest BCUT2D eigenvalue weighted by Gasteiger charge is -2.07. The van der Waals surface area contributed by atoms with Crippen molar-refractivity contribution in [2.75, 3.05) is 25.3 Å². The van der Waals surface area contributed by atoms with Crippen LogP contribution in [0.5, 0.6) is 11.8 Å². The number of aromatic nitrogens is 3. The summed E-state index contributed by atoms with van der Waals surface area (Å²) in [5.74, 6) is 0.294. The summed E-state index contributed by atoms with van der Waals surface area (Å²) in [7, 11) is 4.65. The second kappa shape index (κ2) is 5.47. The van der Waals surface area contributed by atoms with Gasteiger partial charge in [0.15, 0.2) is 0 Å². The zero-order valence-corrected chi connectivity index (χ0v) is 11.4. The number of hydrogen-bond donors (Lipinski definition) is 2. The fourth-order valence-corrected chi connectivity index (χ4v) is 1.65. The average molecular weight is 277 g/mol. The predicted molar refractivity (Wildman–Crippen MR) is 72.9 cm³/mol. The second-order valence-corrected chi connectivity index (χ2v) is 4.00. The molecule has 1 amide bonds. The summed E-state index contributed by atoms with van der Waals surface area (Å²) >= 11 is 0. The number of carbonyl (C=O) groups excluding carboxylic acids is 1. The Labute approximate surface area is 115 Å². The minimum absolute atomic E-state index is 0.0889. The average Bonchev–Trinajstić information content (AvgIpc) is 2.77. The molecule has 0 aliphatic heterocycles. The number of nitrogens with one attached hydrogen (secondary N) is 1. The van der Waals surface area contributed by atoms with Crippen LogP contribution < -0.4 is 20.5 Å². The molecule has 0 aliphatic carbocycles. The summed E-state index contributed by atoms with van der Waals surface area (Å²) in [6.07, 6.45) is 1.64. The first kappa shape index (κ1) is 13.7. The molecule has 2 aromatic heterocycles. The van der Waals surface area contributed by atoms with Crippen molar-refractivity contribution >= 4 is 17.5 Å². The van der Waals surface area contributed by atoms with E-state index in [1.165, 1.54) is 20.3 Å². The fourth-order valence-electron chi connectivity index (χ4n) is 1.65. The van der Waals surface area contributed by atoms with E-state index in [2.05, 4.69) is 15.3 Å². The van der Waals surface area contributed by atoms with Crippen molar-refractivity contribution in [2.45, 2.75) is 0 Å². The Balaban J connectivity index is 2.25. The lowest BCUT2D eigenvalue weighted by atomic mass is 10.4. The summed E-state index contributed by atoms with van der Waals surface area (Å²) in [6.45, 7) is 0. The highest BCUT2D eigenvalue weighted by Crippen LogP contribution is 2.18. The molecule has 0 atom stereocenters. The molecular formula is C12H15N5O3. The van der Waals surface area contributed by atoms with Gasteiger partial charge in [0.05, 0.1) is 26.0 Å². The third-order valence-corrected chi connectivity index (χ3v) is 2.58. The van der Waals surface area contributed by atoms with E-state index in [1.807, 2.05) is 0 Å². The Kier molecular flexibility index (Phi) is 3.74. The zero-order valence-electron chi connectivity index (χ0n) is 11.4. The molecule has 0 unspecified atom stereocenters. The molecular weight excluding hydrogens is 262 g/mol. The van der Waals surface area contributed by atoms with Crippen LogP contribution in [0.4, 0.5) is 11.6 Å². The number of aryl methyl sites for hydroxylation is 1. The Bertz CT molecular complexity index is 616. The highest BCUT2D eigenvalue weighted by molar-refractivity contribution is 6.02. The van der Waals surface area contributed by atoms with E-state index < -0.39 is 0 Å². The van der Waals surface area contributed by atoms with Crippen LogP contribution >= 0.6 is 0 Å². The lowest BCUT2D eigenvalue weighted by Crippen LogP contribution is -2.17. The van der Waals surface area contributed by atoms with E-state index in [0.29, 0.717) is 23.1 Å². The number of hydrogen-bond acceptors (Lipinski definition) is 6. The van der Waals surface area contributed by atoms with E-state index >= 15 is 0 Å². The van der Waals surface area contributed by atoms with Crippen LogP contribution in [0.1, 0.15) is 10.5 Å². The summed E-state index contributed by atoms with van der Waals surface area (Å²) in [6, 6.07) is 3.07. The Hall–Kier alpha value is -2.77. The summed E-state index contributed by atoms with van der Waals surface area (Å²) < 4.78 is 11.6. The van der Waals surface area contributed by atoms with E-state index in [1.54, 1.807) is 23.9 Å². The Morgan fingerprint density at radius 1 is 1.25 bits per heavy atom. The van der Waals surface area contributed by atoms with Gasteiger partial charge in [-0.1, -0.05) is 0 Å². The van der Waals surface area contributed by atoms with Gasteiger partial charge in [-0.2, -0.15) is 9.97 Å². The number of nitrogens with two attached hydrogens (primary N) is 1. The first-order valence-electron chi connectivity index (χ1n) is 5.73. The van der Waals surface area contributed by atoms with Crippen molar-refractivity contribution in [1.29, 1.82) is 0 Å². The number of methoxy groups -OCH3 is 2. The zero-order chi connectivity index (χ0) is 14.7. The summed E-state index contributed by atoms with van der Waals surface area (Å²) in [5.41, 5.74) is 6.53. The van der Waals surface area contributed by atoms with Gasteiger partial charge in [0, 0.05) is 13.2 Å². The van der Waals surface area contributed by atoms with E-state index in [9.17, 15) is 4.79 Å². The SMILES string of the molecule is COc1cc(OC)nc(NC(=O)c2cc(N)cn2C)n1. The fraction of sp³-hybridized carbons (Fsp3) is 0.250. The van der Waals surface area contributed by atoms with Crippen LogP contribution in [0, 0.1) is 0 Å². The maximum Gasteiger partial charge on any atom is 0.274 e. The van der Waals surface area contributed by atoms with Gasteiger partial charge in [0.1, 0.15) is 5.69 Å². The number of carbonyl (C=O) groups is 1. The normalized spacial score (nSPS) is 10.2. The molecule has 106 valence electrons. The van der Waals surface area contributed by atoms with Gasteiger partial charge in [-0.15, -0.1) is 0 Å². The lowest BCUT2D eigenvalue weighted by molar-refractivity contribution is 0.101. The highest BCUT2D eigenvalue weighted by atomic mass is 16.5. The topological polar surface area (TPSA) is 104 Å². The minimum Gasteiger partial charge on any atom is -0.481 e. The molecule has 8 nitrogen and oxygen atoms in total. The highest BCUT2D eigenvalue weighted by Gasteiger charge is 2.14. The molecule has 2 heterocycles. The molecule has 0 fully saturated rings. The van der Waals surface area contributed by atoms with Crippen LogP contribution in [-0.4, -0.2) is 34.7 Å². The number of nitrogens with zero attached hydrogens (tertiary/aromatic N) is 3. The molecule has 8 heteroatoms. The molecule has 0 saturated carbocycles. The second-order valence-electron chi connectivity index (χ2n) is 4.00. The molecule has 0 aliphatic rings. The van der Waals surface area contributed by atoms with Crippen LogP contribution in [0.3, 0.4) is 0 Å². The van der Waals surface area contributed by atoms with E-state index in [0.717, 1.165) is 0 Å². The van der Waals surface area contributed by atoms with Crippen LogP contribution in [0.2, 0.25) is 0 Å². The van der Waals surface area contributed by atoms with Crippen LogP contribution in [-0.2, 0) is 7.05 Å². The summed E-state index contributed by atoms with van der Waals surface area (Å²) in [4.78, 5) is 20.1. The number of amides is 1. The first-order valence-corrected chi connectivity index (χ1v) is 5.73. The van der Waals surface area contributed by atoms with Gasteiger partial charge in [0.2, 0.25) is 17.7 Å². The smallest absolute Gasteiger partial charge is 0.274 e. The maximum absolute atomic E-state index is 12.1. The van der Waals surface area contributed by atoms with Crippen molar-refractivity contribution < 1.29 is 14.3 Å². The van der Waals surface area contributed by atoms with Gasteiger partial charge in [-0.05, 0) is 6.07 Å². The van der Waals surface area contributed by atoms with Crippen LogP contribution in [0.15, 0.2) is 18.3 Å². The van der Waals surface area contributed by atoms with Gasteiger partial charge < -0.3 is 19.8 Å². The molecule has 20 heavy (non-hydrogen) atoms. The Morgan fingerprint density at radius 2 is 1.85 bits per heavy atom. The third-order valence-electron chi connectivity index (χ3n) is 2.58. The first-order chi connectivity index (χ1) is 9.53. The van der Waals surface area contributed by atoms with Crippen molar-refractivity contribution in [3.8, 4) is 11.8 Å². The molecule has 0 saturated heterocycles. The molecule has 2 aromatic rings. The standard InChI is InChI=1S/C12H15N5O3/c1-17-6-7(13)4-8(17)11(18)16-12-14-9(19-2)5-10(15-12)20-3/h4-6H,13H2,1-3H3,(H,14,15,16,18). The molecule has 0 radical (unpaired) electrons. The summed E-state index contributed by atoms with van der Waals surface area (Å²) in [5, 5.41) is 2.56. The van der Waals surface area contributed by atoms with Gasteiger partial charge >= 0.3 is 0 Å². The number of nitrogen functional groups attached to an aromatic ring is 1. The minimum atomic E-state index is -0.375. The van der Waals surface area contributed by atoms with Crippen molar-refractivity contribution in [1.82, 2.24) is 14.5 Å². The van der Waals surface area contributed by atoms with Crippen molar-refractivity contribution in [3.63, 3.8) is 0 Å². The predicted octanol–water partition coefficient (Wildman–Crippen LogP) is 0.667. The van der Waals surface area contributed by atoms with Crippen molar-refractivity contribution in [2.24, 2.45) is 7.05 Å². The Morgan fingerprint density at radius 3 is 2.30 bits per heavy atom. The van der Waals surface area contributed by atoms with Crippen molar-refractivity contribution in [3.05, 3.63) is 24.0 Å². The molecule has 0 spiro atoms. The molecule has 3 N–H and O–H groups in total. The van der Waals surface area contributed by atoms with E-state index in [4.69, 9.17) is 15.2 Å². The van der Waals surface area contributed by atoms with Crippen LogP contribution in [0.25, 0.3) is 0 Å².